The van der Waals surface area contributed by atoms with Gasteiger partial charge in [-0.2, -0.15) is 4.98 Å². The van der Waals surface area contributed by atoms with E-state index in [0.29, 0.717) is 16.8 Å². The van der Waals surface area contributed by atoms with Gasteiger partial charge in [-0.1, -0.05) is 41.4 Å². The molecule has 1 atom stereocenters. The van der Waals surface area contributed by atoms with Gasteiger partial charge in [0.15, 0.2) is 5.82 Å². The largest absolute Gasteiger partial charge is 0.362 e. The number of rotatable bonds is 4. The van der Waals surface area contributed by atoms with Gasteiger partial charge in [0, 0.05) is 6.04 Å². The summed E-state index contributed by atoms with van der Waals surface area (Å²) >= 11 is 6.05. The third-order valence-electron chi connectivity index (χ3n) is 2.80. The number of aryl methyl sites for hydroxylation is 1. The Hall–Kier alpha value is -1.85. The second kappa shape index (κ2) is 5.86. The van der Waals surface area contributed by atoms with Crippen molar-refractivity contribution in [2.75, 3.05) is 10.7 Å². The highest BCUT2D eigenvalue weighted by atomic mass is 35.5. The minimum Gasteiger partial charge on any atom is -0.362 e. The lowest BCUT2D eigenvalue weighted by molar-refractivity contribution is 0.871. The number of hydrogen-bond donors (Lipinski definition) is 3. The number of anilines is 2. The molecule has 2 rings (SSSR count). The topological polar surface area (TPSA) is 75.9 Å². The summed E-state index contributed by atoms with van der Waals surface area (Å²) in [6.45, 7) is 4.10. The molecular formula is C13H16ClN5. The number of nitrogens with zero attached hydrogens (tertiary/aromatic N) is 2. The highest BCUT2D eigenvalue weighted by molar-refractivity contribution is 6.32. The molecule has 100 valence electrons. The summed E-state index contributed by atoms with van der Waals surface area (Å²) in [5.41, 5.74) is 4.78. The second-order valence-corrected chi connectivity index (χ2v) is 4.72. The average Bonchev–Trinajstić information content (AvgIpc) is 2.42. The SMILES string of the molecule is Cc1ccc(C(C)Nc2nc(NN)ncc2Cl)cc1. The fourth-order valence-corrected chi connectivity index (χ4v) is 1.83. The standard InChI is InChI=1S/C13H16ClN5/c1-8-3-5-10(6-4-8)9(2)17-12-11(14)7-16-13(18-12)19-15/h3-7,9H,15H2,1-2H3,(H2,16,17,18,19). The zero-order chi connectivity index (χ0) is 13.8. The molecule has 0 spiro atoms. The van der Waals surface area contributed by atoms with Crippen molar-refractivity contribution >= 4 is 23.4 Å². The van der Waals surface area contributed by atoms with Gasteiger partial charge in [-0.05, 0) is 19.4 Å². The summed E-state index contributed by atoms with van der Waals surface area (Å²) in [6.07, 6.45) is 1.51. The van der Waals surface area contributed by atoms with E-state index in [1.54, 1.807) is 0 Å². The van der Waals surface area contributed by atoms with E-state index in [4.69, 9.17) is 17.4 Å². The van der Waals surface area contributed by atoms with Crippen LogP contribution in [0.5, 0.6) is 0 Å². The second-order valence-electron chi connectivity index (χ2n) is 4.31. The zero-order valence-electron chi connectivity index (χ0n) is 10.8. The van der Waals surface area contributed by atoms with Crippen LogP contribution in [0, 0.1) is 6.92 Å². The normalized spacial score (nSPS) is 12.0. The van der Waals surface area contributed by atoms with E-state index in [1.165, 1.54) is 11.8 Å². The Balaban J connectivity index is 2.18. The fourth-order valence-electron chi connectivity index (χ4n) is 1.68. The van der Waals surface area contributed by atoms with Crippen LogP contribution in [0.15, 0.2) is 30.5 Å². The van der Waals surface area contributed by atoms with Gasteiger partial charge in [0.1, 0.15) is 5.02 Å². The number of benzene rings is 1. The molecule has 0 saturated heterocycles. The summed E-state index contributed by atoms with van der Waals surface area (Å²) in [5.74, 6) is 6.16. The lowest BCUT2D eigenvalue weighted by Gasteiger charge is -2.16. The van der Waals surface area contributed by atoms with Crippen LogP contribution < -0.4 is 16.6 Å². The Bertz CT molecular complexity index is 555. The van der Waals surface area contributed by atoms with Crippen LogP contribution in [0.4, 0.5) is 11.8 Å². The number of nitrogens with one attached hydrogen (secondary N) is 2. The summed E-state index contributed by atoms with van der Waals surface area (Å²) in [7, 11) is 0. The molecule has 6 heteroatoms. The van der Waals surface area contributed by atoms with Crippen molar-refractivity contribution in [3.63, 3.8) is 0 Å². The maximum atomic E-state index is 6.05. The van der Waals surface area contributed by atoms with Crippen molar-refractivity contribution < 1.29 is 0 Å². The first-order valence-electron chi connectivity index (χ1n) is 5.92. The Labute approximate surface area is 117 Å². The van der Waals surface area contributed by atoms with Crippen molar-refractivity contribution in [3.8, 4) is 0 Å². The van der Waals surface area contributed by atoms with Crippen LogP contribution >= 0.6 is 11.6 Å². The highest BCUT2D eigenvalue weighted by Crippen LogP contribution is 2.24. The molecule has 0 amide bonds. The van der Waals surface area contributed by atoms with Crippen LogP contribution in [-0.2, 0) is 0 Å². The van der Waals surface area contributed by atoms with Gasteiger partial charge in [-0.3, -0.25) is 5.43 Å². The summed E-state index contributed by atoms with van der Waals surface area (Å²) in [4.78, 5) is 8.11. The molecule has 0 radical (unpaired) electrons. The summed E-state index contributed by atoms with van der Waals surface area (Å²) in [5, 5.41) is 3.70. The number of hydrogen-bond acceptors (Lipinski definition) is 5. The van der Waals surface area contributed by atoms with Crippen molar-refractivity contribution in [3.05, 3.63) is 46.6 Å². The van der Waals surface area contributed by atoms with Gasteiger partial charge in [-0.25, -0.2) is 10.8 Å². The number of halogens is 1. The summed E-state index contributed by atoms with van der Waals surface area (Å²) in [6, 6.07) is 8.37. The first-order chi connectivity index (χ1) is 9.10. The summed E-state index contributed by atoms with van der Waals surface area (Å²) < 4.78 is 0. The van der Waals surface area contributed by atoms with Gasteiger partial charge >= 0.3 is 0 Å². The molecule has 1 unspecified atom stereocenters. The Morgan fingerprint density at radius 3 is 2.58 bits per heavy atom. The smallest absolute Gasteiger partial charge is 0.239 e. The van der Waals surface area contributed by atoms with E-state index in [-0.39, 0.29) is 6.04 Å². The molecular weight excluding hydrogens is 262 g/mol. The third-order valence-corrected chi connectivity index (χ3v) is 3.08. The number of hydrazine groups is 1. The average molecular weight is 278 g/mol. The first kappa shape index (κ1) is 13.6. The lowest BCUT2D eigenvalue weighted by Crippen LogP contribution is -2.13. The van der Waals surface area contributed by atoms with Crippen molar-refractivity contribution in [2.24, 2.45) is 5.84 Å². The van der Waals surface area contributed by atoms with Gasteiger partial charge in [-0.15, -0.1) is 0 Å². The van der Waals surface area contributed by atoms with E-state index in [9.17, 15) is 0 Å². The van der Waals surface area contributed by atoms with Gasteiger partial charge in [0.05, 0.1) is 6.20 Å². The lowest BCUT2D eigenvalue weighted by atomic mass is 10.1. The van der Waals surface area contributed by atoms with E-state index >= 15 is 0 Å². The van der Waals surface area contributed by atoms with Crippen LogP contribution in [0.3, 0.4) is 0 Å². The van der Waals surface area contributed by atoms with E-state index in [2.05, 4.69) is 51.9 Å². The fraction of sp³-hybridized carbons (Fsp3) is 0.231. The number of aromatic nitrogens is 2. The van der Waals surface area contributed by atoms with Gasteiger partial charge < -0.3 is 5.32 Å². The maximum absolute atomic E-state index is 6.05. The molecule has 19 heavy (non-hydrogen) atoms. The predicted molar refractivity (Wildman–Crippen MR) is 78.1 cm³/mol. The van der Waals surface area contributed by atoms with Crippen LogP contribution in [0.1, 0.15) is 24.1 Å². The molecule has 1 aromatic carbocycles. The van der Waals surface area contributed by atoms with E-state index in [0.717, 1.165) is 5.56 Å². The Kier molecular flexibility index (Phi) is 4.19. The molecule has 1 aromatic heterocycles. The van der Waals surface area contributed by atoms with Gasteiger partial charge in [0.25, 0.3) is 0 Å². The van der Waals surface area contributed by atoms with Crippen molar-refractivity contribution in [2.45, 2.75) is 19.9 Å². The molecule has 5 nitrogen and oxygen atoms in total. The highest BCUT2D eigenvalue weighted by Gasteiger charge is 2.10. The first-order valence-corrected chi connectivity index (χ1v) is 6.30. The predicted octanol–water partition coefficient (Wildman–Crippen LogP) is 2.90. The Morgan fingerprint density at radius 2 is 1.95 bits per heavy atom. The van der Waals surface area contributed by atoms with Crippen LogP contribution in [0.25, 0.3) is 0 Å². The monoisotopic (exact) mass is 277 g/mol. The Morgan fingerprint density at radius 1 is 1.26 bits per heavy atom. The maximum Gasteiger partial charge on any atom is 0.239 e. The molecule has 0 aliphatic rings. The van der Waals surface area contributed by atoms with Crippen molar-refractivity contribution in [1.29, 1.82) is 0 Å². The molecule has 0 aliphatic carbocycles. The molecule has 1 heterocycles. The molecule has 0 bridgehead atoms. The molecule has 2 aromatic rings. The van der Waals surface area contributed by atoms with Crippen molar-refractivity contribution in [1.82, 2.24) is 9.97 Å². The van der Waals surface area contributed by atoms with Crippen LogP contribution in [-0.4, -0.2) is 9.97 Å². The number of nitrogens with two attached hydrogens (primary N) is 1. The van der Waals surface area contributed by atoms with E-state index < -0.39 is 0 Å². The molecule has 0 aliphatic heterocycles. The van der Waals surface area contributed by atoms with Crippen LogP contribution in [0.2, 0.25) is 5.02 Å². The minimum absolute atomic E-state index is 0.0821. The molecule has 4 N–H and O–H groups in total. The molecule has 0 fully saturated rings. The zero-order valence-corrected chi connectivity index (χ0v) is 11.6. The quantitative estimate of drug-likeness (QED) is 0.592. The molecule has 0 saturated carbocycles. The third kappa shape index (κ3) is 3.33. The van der Waals surface area contributed by atoms with E-state index in [1.807, 2.05) is 6.92 Å². The van der Waals surface area contributed by atoms with Gasteiger partial charge in [0.2, 0.25) is 5.95 Å². The minimum atomic E-state index is 0.0821. The number of nitrogen functional groups attached to an aromatic ring is 1.